The van der Waals surface area contributed by atoms with E-state index < -0.39 is 0 Å². The third-order valence-electron chi connectivity index (χ3n) is 4.39. The number of hydrogen-bond acceptors (Lipinski definition) is 2. The smallest absolute Gasteiger partial charge is 0.178 e. The molecule has 1 heterocycles. The van der Waals surface area contributed by atoms with Crippen LogP contribution in [0.25, 0.3) is 11.0 Å². The highest BCUT2D eigenvalue weighted by atomic mass is 32.2. The van der Waals surface area contributed by atoms with E-state index in [1.165, 1.54) is 42.3 Å². The van der Waals surface area contributed by atoms with Gasteiger partial charge >= 0.3 is 0 Å². The summed E-state index contributed by atoms with van der Waals surface area (Å²) < 4.78 is 3.57. The van der Waals surface area contributed by atoms with Crippen molar-refractivity contribution in [3.05, 3.63) is 28.5 Å². The quantitative estimate of drug-likeness (QED) is 0.829. The van der Waals surface area contributed by atoms with Gasteiger partial charge in [0.1, 0.15) is 0 Å². The molecule has 1 N–H and O–H groups in total. The molecule has 0 atom stereocenters. The number of fused-ring (bicyclic) bond motifs is 1. The van der Waals surface area contributed by atoms with Crippen molar-refractivity contribution in [3.8, 4) is 0 Å². The largest absolute Gasteiger partial charge is 0.331 e. The maximum Gasteiger partial charge on any atom is 0.178 e. The minimum atomic E-state index is 0.385. The van der Waals surface area contributed by atoms with Gasteiger partial charge in [-0.25, -0.2) is 0 Å². The molecule has 0 bridgehead atoms. The molecule has 0 aliphatic heterocycles. The zero-order chi connectivity index (χ0) is 13.5. The molecule has 3 rings (SSSR count). The van der Waals surface area contributed by atoms with E-state index in [0.717, 1.165) is 11.3 Å². The molecule has 0 saturated heterocycles. The Kier molecular flexibility index (Phi) is 3.48. The summed E-state index contributed by atoms with van der Waals surface area (Å²) in [6.45, 7) is 3.21. The van der Waals surface area contributed by atoms with Gasteiger partial charge in [0.15, 0.2) is 4.77 Å². The zero-order valence-electron chi connectivity index (χ0n) is 11.5. The number of nitrogens with zero attached hydrogens (tertiary/aromatic N) is 1. The third-order valence-corrected chi connectivity index (χ3v) is 6.11. The zero-order valence-corrected chi connectivity index (χ0v) is 13.2. The summed E-state index contributed by atoms with van der Waals surface area (Å²) in [6, 6.07) is 6.38. The molecule has 4 heteroatoms. The molecule has 2 aromatic rings. The average Bonchev–Trinajstić information content (AvgIpc) is 2.97. The predicted octanol–water partition coefficient (Wildman–Crippen LogP) is 4.68. The first kappa shape index (κ1) is 13.3. The molecule has 1 fully saturated rings. The lowest BCUT2D eigenvalue weighted by Crippen LogP contribution is -2.27. The molecule has 1 aliphatic rings. The minimum absolute atomic E-state index is 0.385. The molecule has 1 aromatic heterocycles. The van der Waals surface area contributed by atoms with Gasteiger partial charge in [0, 0.05) is 11.3 Å². The van der Waals surface area contributed by atoms with Crippen molar-refractivity contribution >= 4 is 35.0 Å². The second-order valence-electron chi connectivity index (χ2n) is 5.58. The molecule has 102 valence electrons. The van der Waals surface area contributed by atoms with E-state index in [2.05, 4.69) is 40.9 Å². The van der Waals surface area contributed by atoms with Gasteiger partial charge < -0.3 is 9.55 Å². The molecule has 19 heavy (non-hydrogen) atoms. The van der Waals surface area contributed by atoms with Crippen molar-refractivity contribution in [1.29, 1.82) is 0 Å². The SMILES string of the molecule is CSC1(Cn2c(=S)[nH]c3cccc(C)c32)CCCC1. The Bertz CT molecular complexity index is 648. The van der Waals surface area contributed by atoms with Crippen LogP contribution in [-0.2, 0) is 6.54 Å². The number of benzene rings is 1. The second kappa shape index (κ2) is 4.98. The van der Waals surface area contributed by atoms with E-state index in [9.17, 15) is 0 Å². The number of imidazole rings is 1. The first-order chi connectivity index (χ1) is 9.15. The summed E-state index contributed by atoms with van der Waals surface area (Å²) in [7, 11) is 0. The van der Waals surface area contributed by atoms with Gasteiger partial charge in [0.25, 0.3) is 0 Å². The van der Waals surface area contributed by atoms with E-state index in [1.807, 2.05) is 11.8 Å². The number of H-pyrrole nitrogens is 1. The number of aryl methyl sites for hydroxylation is 1. The van der Waals surface area contributed by atoms with Gasteiger partial charge in [0.2, 0.25) is 0 Å². The Labute approximate surface area is 123 Å². The summed E-state index contributed by atoms with van der Waals surface area (Å²) in [5.41, 5.74) is 3.76. The van der Waals surface area contributed by atoms with Crippen molar-refractivity contribution < 1.29 is 0 Å². The molecule has 1 saturated carbocycles. The van der Waals surface area contributed by atoms with Crippen LogP contribution in [0.1, 0.15) is 31.2 Å². The summed E-state index contributed by atoms with van der Waals surface area (Å²) >= 11 is 7.56. The number of thioether (sulfide) groups is 1. The summed E-state index contributed by atoms with van der Waals surface area (Å²) in [5, 5.41) is 0. The van der Waals surface area contributed by atoms with Crippen LogP contribution in [0.5, 0.6) is 0 Å². The van der Waals surface area contributed by atoms with Crippen molar-refractivity contribution in [3.63, 3.8) is 0 Å². The number of nitrogens with one attached hydrogen (secondary N) is 1. The monoisotopic (exact) mass is 292 g/mol. The molecule has 2 nitrogen and oxygen atoms in total. The molecule has 0 spiro atoms. The van der Waals surface area contributed by atoms with Crippen molar-refractivity contribution in [2.75, 3.05) is 6.26 Å². The van der Waals surface area contributed by atoms with E-state index in [0.29, 0.717) is 4.75 Å². The molecular formula is C15H20N2S2. The maximum absolute atomic E-state index is 5.54. The first-order valence-corrected chi connectivity index (χ1v) is 8.52. The minimum Gasteiger partial charge on any atom is -0.331 e. The highest BCUT2D eigenvalue weighted by Crippen LogP contribution is 2.42. The van der Waals surface area contributed by atoms with Crippen LogP contribution < -0.4 is 0 Å². The van der Waals surface area contributed by atoms with Gasteiger partial charge in [-0.2, -0.15) is 11.8 Å². The van der Waals surface area contributed by atoms with Gasteiger partial charge in [-0.05, 0) is 49.9 Å². The Hall–Kier alpha value is -0.740. The van der Waals surface area contributed by atoms with E-state index in [1.54, 1.807) is 0 Å². The number of para-hydroxylation sites is 1. The number of aromatic nitrogens is 2. The van der Waals surface area contributed by atoms with Gasteiger partial charge in [0.05, 0.1) is 11.0 Å². The Morgan fingerprint density at radius 1 is 1.37 bits per heavy atom. The molecule has 1 aliphatic carbocycles. The van der Waals surface area contributed by atoms with Gasteiger partial charge in [-0.1, -0.05) is 25.0 Å². The maximum atomic E-state index is 5.54. The van der Waals surface area contributed by atoms with Crippen LogP contribution in [-0.4, -0.2) is 20.6 Å². The van der Waals surface area contributed by atoms with Crippen molar-refractivity contribution in [2.24, 2.45) is 0 Å². The van der Waals surface area contributed by atoms with Gasteiger partial charge in [-0.3, -0.25) is 0 Å². The average molecular weight is 292 g/mol. The highest BCUT2D eigenvalue weighted by molar-refractivity contribution is 8.00. The van der Waals surface area contributed by atoms with E-state index in [4.69, 9.17) is 12.2 Å². The molecular weight excluding hydrogens is 272 g/mol. The highest BCUT2D eigenvalue weighted by Gasteiger charge is 2.34. The fraction of sp³-hybridized carbons (Fsp3) is 0.533. The Balaban J connectivity index is 2.10. The summed E-state index contributed by atoms with van der Waals surface area (Å²) in [6.07, 6.45) is 7.59. The van der Waals surface area contributed by atoms with Crippen LogP contribution in [0, 0.1) is 11.7 Å². The summed E-state index contributed by atoms with van der Waals surface area (Å²) in [5.74, 6) is 0. The number of rotatable bonds is 3. The fourth-order valence-electron chi connectivity index (χ4n) is 3.29. The van der Waals surface area contributed by atoms with E-state index >= 15 is 0 Å². The molecule has 0 amide bonds. The predicted molar refractivity (Wildman–Crippen MR) is 86.6 cm³/mol. The lowest BCUT2D eigenvalue weighted by Gasteiger charge is -2.27. The van der Waals surface area contributed by atoms with Crippen LogP contribution in [0.15, 0.2) is 18.2 Å². The van der Waals surface area contributed by atoms with Crippen LogP contribution in [0.4, 0.5) is 0 Å². The van der Waals surface area contributed by atoms with Crippen LogP contribution >= 0.6 is 24.0 Å². The molecule has 0 unspecified atom stereocenters. The second-order valence-corrected chi connectivity index (χ2v) is 7.24. The topological polar surface area (TPSA) is 20.7 Å². The normalized spacial score (nSPS) is 18.2. The summed E-state index contributed by atoms with van der Waals surface area (Å²) in [4.78, 5) is 3.35. The first-order valence-electron chi connectivity index (χ1n) is 6.88. The van der Waals surface area contributed by atoms with Crippen molar-refractivity contribution in [1.82, 2.24) is 9.55 Å². The van der Waals surface area contributed by atoms with Crippen LogP contribution in [0.3, 0.4) is 0 Å². The van der Waals surface area contributed by atoms with Crippen LogP contribution in [0.2, 0.25) is 0 Å². The lowest BCUT2D eigenvalue weighted by atomic mass is 10.1. The van der Waals surface area contributed by atoms with Crippen molar-refractivity contribution in [2.45, 2.75) is 43.9 Å². The fourth-order valence-corrected chi connectivity index (χ4v) is 4.51. The third kappa shape index (κ3) is 2.25. The Morgan fingerprint density at radius 2 is 2.11 bits per heavy atom. The standard InChI is InChI=1S/C15H20N2S2/c1-11-6-5-7-12-13(11)17(14(18)16-12)10-15(19-2)8-3-4-9-15/h5-7H,3-4,8-10H2,1-2H3,(H,16,18). The Morgan fingerprint density at radius 3 is 2.79 bits per heavy atom. The number of aromatic amines is 1. The number of hydrogen-bond donors (Lipinski definition) is 1. The van der Waals surface area contributed by atoms with E-state index in [-0.39, 0.29) is 0 Å². The lowest BCUT2D eigenvalue weighted by molar-refractivity contribution is 0.510. The van der Waals surface area contributed by atoms with Gasteiger partial charge in [-0.15, -0.1) is 0 Å². The molecule has 0 radical (unpaired) electrons. The molecule has 1 aromatic carbocycles.